The lowest BCUT2D eigenvalue weighted by molar-refractivity contribution is -0.118. The number of ether oxygens (including phenoxy) is 1. The van der Waals surface area contributed by atoms with Crippen LogP contribution >= 0.6 is 11.6 Å². The van der Waals surface area contributed by atoms with E-state index in [-0.39, 0.29) is 30.2 Å². The van der Waals surface area contributed by atoms with Gasteiger partial charge in [-0.25, -0.2) is 4.79 Å². The summed E-state index contributed by atoms with van der Waals surface area (Å²) in [6, 6.07) is 32.8. The third-order valence-electron chi connectivity index (χ3n) is 6.46. The molecule has 1 aromatic heterocycles. The maximum absolute atomic E-state index is 13.5. The van der Waals surface area contributed by atoms with Crippen LogP contribution in [0.25, 0.3) is 21.9 Å². The van der Waals surface area contributed by atoms with Gasteiger partial charge < -0.3 is 9.30 Å². The Morgan fingerprint density at radius 3 is 1.90 bits per heavy atom. The zero-order valence-electron chi connectivity index (χ0n) is 21.2. The lowest BCUT2D eigenvalue weighted by Gasteiger charge is -2.23. The van der Waals surface area contributed by atoms with E-state index in [4.69, 9.17) is 16.3 Å². The summed E-state index contributed by atoms with van der Waals surface area (Å²) in [5, 5.41) is 1.67. The van der Waals surface area contributed by atoms with Crippen LogP contribution in [0.1, 0.15) is 16.9 Å². The van der Waals surface area contributed by atoms with E-state index in [0.717, 1.165) is 0 Å². The number of benzene rings is 4. The van der Waals surface area contributed by atoms with Crippen molar-refractivity contribution in [1.29, 1.82) is 0 Å². The number of para-hydroxylation sites is 2. The number of amides is 1. The van der Waals surface area contributed by atoms with Gasteiger partial charge in [0, 0.05) is 34.4 Å². The Morgan fingerprint density at radius 2 is 1.31 bits per heavy atom. The van der Waals surface area contributed by atoms with Gasteiger partial charge in [-0.05, 0) is 53.4 Å². The molecule has 1 amide bonds. The van der Waals surface area contributed by atoms with Crippen molar-refractivity contribution in [1.82, 2.24) is 4.57 Å². The van der Waals surface area contributed by atoms with Crippen LogP contribution in [0, 0.1) is 0 Å². The van der Waals surface area contributed by atoms with E-state index in [1.165, 1.54) is 4.57 Å². The Labute approximate surface area is 230 Å². The number of anilines is 2. The molecule has 0 saturated carbocycles. The molecule has 0 aliphatic rings. The second-order valence-corrected chi connectivity index (χ2v) is 9.36. The first-order valence-corrected chi connectivity index (χ1v) is 12.8. The topological polar surface area (TPSA) is 68.6 Å². The Balaban J connectivity index is 1.44. The predicted octanol–water partition coefficient (Wildman–Crippen LogP) is 6.77. The van der Waals surface area contributed by atoms with E-state index in [9.17, 15) is 14.4 Å². The van der Waals surface area contributed by atoms with Crippen molar-refractivity contribution in [2.75, 3.05) is 11.5 Å². The molecule has 5 aromatic rings. The largest absolute Gasteiger partial charge is 0.460 e. The van der Waals surface area contributed by atoms with Gasteiger partial charge in [-0.1, -0.05) is 78.3 Å². The number of rotatable bonds is 7. The zero-order chi connectivity index (χ0) is 27.4. The summed E-state index contributed by atoms with van der Waals surface area (Å²) in [4.78, 5) is 41.6. The molecular formula is C32H25ClN2O4. The quantitative estimate of drug-likeness (QED) is 0.215. The lowest BCUT2D eigenvalue weighted by Crippen LogP contribution is -2.29. The van der Waals surface area contributed by atoms with E-state index in [1.54, 1.807) is 54.4 Å². The van der Waals surface area contributed by atoms with E-state index in [0.29, 0.717) is 38.3 Å². The van der Waals surface area contributed by atoms with Crippen LogP contribution in [-0.4, -0.2) is 23.1 Å². The van der Waals surface area contributed by atoms with Crippen LogP contribution < -0.4 is 10.5 Å². The number of hydrogen-bond donors (Lipinski definition) is 0. The van der Waals surface area contributed by atoms with Gasteiger partial charge in [-0.2, -0.15) is 0 Å². The van der Waals surface area contributed by atoms with E-state index >= 15 is 0 Å². The minimum Gasteiger partial charge on any atom is -0.460 e. The highest BCUT2D eigenvalue weighted by molar-refractivity contribution is 6.30. The second kappa shape index (κ2) is 11.4. The third kappa shape index (κ3) is 5.33. The molecule has 0 unspecified atom stereocenters. The molecule has 0 N–H and O–H groups in total. The monoisotopic (exact) mass is 536 g/mol. The Hall–Kier alpha value is -4.68. The molecule has 0 radical (unpaired) electrons. The second-order valence-electron chi connectivity index (χ2n) is 8.93. The minimum atomic E-state index is -0.691. The Morgan fingerprint density at radius 1 is 0.769 bits per heavy atom. The van der Waals surface area contributed by atoms with Crippen molar-refractivity contribution in [2.45, 2.75) is 6.42 Å². The summed E-state index contributed by atoms with van der Waals surface area (Å²) in [5.41, 5.74) is 2.50. The number of carbonyl (C=O) groups is 2. The summed E-state index contributed by atoms with van der Waals surface area (Å²) in [5.74, 6) is -0.922. The van der Waals surface area contributed by atoms with E-state index in [2.05, 4.69) is 0 Å². The summed E-state index contributed by atoms with van der Waals surface area (Å²) in [6.45, 7) is -0.158. The van der Waals surface area contributed by atoms with Crippen molar-refractivity contribution in [3.8, 4) is 11.1 Å². The molecule has 0 bridgehead atoms. The highest BCUT2D eigenvalue weighted by atomic mass is 35.5. The number of esters is 1. The van der Waals surface area contributed by atoms with Crippen molar-refractivity contribution >= 4 is 45.6 Å². The average molecular weight is 537 g/mol. The summed E-state index contributed by atoms with van der Waals surface area (Å²) >= 11 is 6.11. The van der Waals surface area contributed by atoms with E-state index in [1.807, 2.05) is 66.7 Å². The fraction of sp³-hybridized carbons (Fsp3) is 0.0938. The third-order valence-corrected chi connectivity index (χ3v) is 6.71. The molecule has 4 aromatic carbocycles. The fourth-order valence-electron chi connectivity index (χ4n) is 4.62. The molecule has 7 heteroatoms. The normalized spacial score (nSPS) is 10.8. The van der Waals surface area contributed by atoms with Gasteiger partial charge in [0.1, 0.15) is 12.3 Å². The highest BCUT2D eigenvalue weighted by Gasteiger charge is 2.24. The number of aromatic nitrogens is 1. The van der Waals surface area contributed by atoms with Gasteiger partial charge in [0.05, 0.1) is 6.42 Å². The van der Waals surface area contributed by atoms with Gasteiger partial charge in [-0.3, -0.25) is 14.5 Å². The number of carbonyl (C=O) groups excluding carboxylic acids is 2. The number of hydrogen-bond acceptors (Lipinski definition) is 4. The molecule has 6 nitrogen and oxygen atoms in total. The summed E-state index contributed by atoms with van der Waals surface area (Å²) < 4.78 is 6.92. The Kier molecular flexibility index (Phi) is 7.57. The maximum atomic E-state index is 13.5. The van der Waals surface area contributed by atoms with Gasteiger partial charge in [0.25, 0.3) is 5.56 Å². The van der Waals surface area contributed by atoms with Crippen molar-refractivity contribution in [3.63, 3.8) is 0 Å². The van der Waals surface area contributed by atoms with Crippen LogP contribution in [0.4, 0.5) is 11.4 Å². The first-order valence-electron chi connectivity index (χ1n) is 12.4. The summed E-state index contributed by atoms with van der Waals surface area (Å²) in [6.07, 6.45) is -0.0483. The maximum Gasteiger partial charge on any atom is 0.355 e. The molecule has 0 atom stereocenters. The molecule has 0 saturated heterocycles. The molecule has 0 fully saturated rings. The van der Waals surface area contributed by atoms with Gasteiger partial charge in [0.15, 0.2) is 0 Å². The van der Waals surface area contributed by atoms with Crippen molar-refractivity contribution < 1.29 is 14.3 Å². The molecular weight excluding hydrogens is 512 g/mol. The molecule has 0 aliphatic heterocycles. The van der Waals surface area contributed by atoms with Crippen LogP contribution in [-0.2, 0) is 16.6 Å². The predicted molar refractivity (Wildman–Crippen MR) is 155 cm³/mol. The zero-order valence-corrected chi connectivity index (χ0v) is 22.0. The molecule has 194 valence electrons. The molecule has 0 aliphatic carbocycles. The van der Waals surface area contributed by atoms with Gasteiger partial charge in [-0.15, -0.1) is 0 Å². The minimum absolute atomic E-state index is 0.0483. The SMILES string of the molecule is Cn1c(C(=O)OCCC(=O)N(c2ccccc2)c2ccccc2)c(-c2ccc(Cl)cc2)c2ccccc2c1=O. The van der Waals surface area contributed by atoms with Gasteiger partial charge >= 0.3 is 5.97 Å². The Bertz CT molecular complexity index is 1660. The smallest absolute Gasteiger partial charge is 0.355 e. The fourth-order valence-corrected chi connectivity index (χ4v) is 4.74. The standard InChI is InChI=1S/C32H25ClN2O4/c1-34-30(29(22-16-18-23(33)19-17-22)26-14-8-9-15-27(26)31(34)37)32(38)39-21-20-28(36)35(24-10-4-2-5-11-24)25-12-6-3-7-13-25/h2-19H,20-21H2,1H3. The number of fused-ring (bicyclic) bond motifs is 1. The number of halogens is 1. The average Bonchev–Trinajstić information content (AvgIpc) is 2.96. The van der Waals surface area contributed by atoms with Gasteiger partial charge in [0.2, 0.25) is 5.91 Å². The van der Waals surface area contributed by atoms with Crippen LogP contribution in [0.3, 0.4) is 0 Å². The number of pyridine rings is 1. The first-order chi connectivity index (χ1) is 19.0. The molecule has 39 heavy (non-hydrogen) atoms. The molecule has 0 spiro atoms. The van der Waals surface area contributed by atoms with Crippen LogP contribution in [0.15, 0.2) is 114 Å². The highest BCUT2D eigenvalue weighted by Crippen LogP contribution is 2.32. The number of nitrogens with zero attached hydrogens (tertiary/aromatic N) is 2. The molecule has 5 rings (SSSR count). The summed E-state index contributed by atoms with van der Waals surface area (Å²) in [7, 11) is 1.54. The van der Waals surface area contributed by atoms with Crippen LogP contribution in [0.2, 0.25) is 5.02 Å². The van der Waals surface area contributed by atoms with Crippen molar-refractivity contribution in [3.05, 3.63) is 130 Å². The van der Waals surface area contributed by atoms with E-state index < -0.39 is 5.97 Å². The van der Waals surface area contributed by atoms with Crippen molar-refractivity contribution in [2.24, 2.45) is 7.05 Å². The first kappa shape index (κ1) is 25.9. The van der Waals surface area contributed by atoms with Crippen LogP contribution in [0.5, 0.6) is 0 Å². The lowest BCUT2D eigenvalue weighted by atomic mass is 9.97. The molecule has 1 heterocycles.